The molecule has 0 unspecified atom stereocenters. The van der Waals surface area contributed by atoms with Crippen LogP contribution >= 0.6 is 0 Å². The number of nitrogens with zero attached hydrogens (tertiary/aromatic N) is 2. The Morgan fingerprint density at radius 3 is 2.20 bits per heavy atom. The van der Waals surface area contributed by atoms with Gasteiger partial charge in [-0.1, -0.05) is 71.4 Å². The van der Waals surface area contributed by atoms with Crippen molar-refractivity contribution in [2.75, 3.05) is 40.9 Å². The van der Waals surface area contributed by atoms with Gasteiger partial charge in [-0.3, -0.25) is 24.0 Å². The highest BCUT2D eigenvalue weighted by molar-refractivity contribution is 5.91. The van der Waals surface area contributed by atoms with Gasteiger partial charge in [-0.25, -0.2) is 0 Å². The highest BCUT2D eigenvalue weighted by Gasteiger charge is 2.42. The third-order valence-corrected chi connectivity index (χ3v) is 9.97. The molecule has 0 spiro atoms. The molecule has 1 aromatic carbocycles. The molecule has 8 atom stereocenters. The molecule has 1 saturated heterocycles. The zero-order chi connectivity index (χ0) is 37.5. The molecular weight excluding hydrogens is 640 g/mol. The van der Waals surface area contributed by atoms with E-state index in [1.165, 1.54) is 7.11 Å². The summed E-state index contributed by atoms with van der Waals surface area (Å²) in [5, 5.41) is 8.16. The van der Waals surface area contributed by atoms with Crippen LogP contribution in [0.15, 0.2) is 30.3 Å². The fraction of sp³-hybridized carbons (Fsp3) is 0.703. The maximum absolute atomic E-state index is 14.0. The van der Waals surface area contributed by atoms with E-state index in [1.54, 1.807) is 37.8 Å². The second-order valence-corrected chi connectivity index (χ2v) is 13.8. The molecule has 1 aliphatic rings. The lowest BCUT2D eigenvalue weighted by Crippen LogP contribution is -2.56. The predicted molar refractivity (Wildman–Crippen MR) is 193 cm³/mol. The number of nitrogens with two attached hydrogens (primary N) is 1. The molecule has 13 heteroatoms. The zero-order valence-corrected chi connectivity index (χ0v) is 31.6. The molecule has 0 aliphatic carbocycles. The smallest absolute Gasteiger partial charge is 0.243 e. The topological polar surface area (TPSA) is 172 Å². The molecule has 1 aromatic rings. The van der Waals surface area contributed by atoms with E-state index in [1.807, 2.05) is 58.0 Å². The van der Waals surface area contributed by atoms with E-state index in [9.17, 15) is 24.0 Å². The van der Waals surface area contributed by atoms with Gasteiger partial charge in [0, 0.05) is 40.8 Å². The quantitative estimate of drug-likeness (QED) is 0.160. The van der Waals surface area contributed by atoms with Crippen LogP contribution in [0, 0.1) is 17.8 Å². The van der Waals surface area contributed by atoms with E-state index < -0.39 is 42.0 Å². The summed E-state index contributed by atoms with van der Waals surface area (Å²) >= 11 is 0. The maximum Gasteiger partial charge on any atom is 0.243 e. The first-order chi connectivity index (χ1) is 23.7. The summed E-state index contributed by atoms with van der Waals surface area (Å²) in [6, 6.07) is 6.93. The third kappa shape index (κ3) is 11.8. The van der Waals surface area contributed by atoms with Gasteiger partial charge in [-0.2, -0.15) is 0 Å². The summed E-state index contributed by atoms with van der Waals surface area (Å²) in [6.45, 7) is 12.1. The molecule has 0 bridgehead atoms. The number of hydrogen-bond donors (Lipinski definition) is 4. The summed E-state index contributed by atoms with van der Waals surface area (Å²) in [5.74, 6) is -2.29. The van der Waals surface area contributed by atoms with Crippen LogP contribution in [-0.2, 0) is 39.9 Å². The van der Waals surface area contributed by atoms with Gasteiger partial charge < -0.3 is 41.0 Å². The van der Waals surface area contributed by atoms with Gasteiger partial charge in [0.05, 0.1) is 49.2 Å². The average molecular weight is 703 g/mol. The third-order valence-electron chi connectivity index (χ3n) is 9.97. The van der Waals surface area contributed by atoms with Crippen LogP contribution in [-0.4, -0.2) is 117 Å². The van der Waals surface area contributed by atoms with Gasteiger partial charge in [-0.05, 0) is 37.2 Å². The minimum atomic E-state index is -0.941. The molecule has 13 nitrogen and oxygen atoms in total. The van der Waals surface area contributed by atoms with Crippen molar-refractivity contribution in [3.8, 4) is 0 Å². The van der Waals surface area contributed by atoms with Crippen LogP contribution in [0.1, 0.15) is 72.8 Å². The van der Waals surface area contributed by atoms with Crippen molar-refractivity contribution < 1.29 is 33.4 Å². The van der Waals surface area contributed by atoms with Gasteiger partial charge >= 0.3 is 0 Å². The van der Waals surface area contributed by atoms with Crippen molar-refractivity contribution >= 4 is 29.5 Å². The normalized spacial score (nSPS) is 18.7. The number of benzene rings is 1. The number of nitrogens with one attached hydrogen (secondary N) is 3. The van der Waals surface area contributed by atoms with Crippen LogP contribution in [0.4, 0.5) is 0 Å². The second kappa shape index (κ2) is 21.0. The number of hydrogen-bond acceptors (Lipinski definition) is 8. The number of carbonyl (C=O) groups excluding carboxylic acids is 5. The number of likely N-dealkylation sites (tertiary alicyclic amines) is 1. The van der Waals surface area contributed by atoms with Gasteiger partial charge in [-0.15, -0.1) is 0 Å². The van der Waals surface area contributed by atoms with Crippen LogP contribution < -0.4 is 21.7 Å². The number of likely N-dealkylation sites (N-methyl/N-ethyl adjacent to an activating group) is 2. The van der Waals surface area contributed by atoms with Crippen molar-refractivity contribution in [1.29, 1.82) is 0 Å². The van der Waals surface area contributed by atoms with E-state index in [2.05, 4.69) is 16.0 Å². The van der Waals surface area contributed by atoms with Crippen molar-refractivity contribution in [3.63, 3.8) is 0 Å². The van der Waals surface area contributed by atoms with E-state index in [4.69, 9.17) is 15.2 Å². The lowest BCUT2D eigenvalue weighted by atomic mass is 9.89. The number of amides is 5. The number of ether oxygens (including phenoxy) is 2. The SMILES string of the molecule is CCNC(=O)CNC(=O)[C@H](Cc1ccccc1)NC(=O)[C@H](C)[C@@H](OC)[C@@H]1CCCN1C(=O)C[C@@H](OC)[C@H]([C@@H](C)CC)N(C)C(=O)[C@@H](N)C(C)C. The highest BCUT2D eigenvalue weighted by atomic mass is 16.5. The first-order valence-corrected chi connectivity index (χ1v) is 18.0. The van der Waals surface area contributed by atoms with Crippen LogP contribution in [0.5, 0.6) is 0 Å². The van der Waals surface area contributed by atoms with E-state index >= 15 is 0 Å². The molecule has 5 N–H and O–H groups in total. The number of rotatable bonds is 20. The summed E-state index contributed by atoms with van der Waals surface area (Å²) in [6.07, 6.45) is 1.17. The van der Waals surface area contributed by atoms with Crippen molar-refractivity contribution in [1.82, 2.24) is 25.8 Å². The Labute approximate surface area is 298 Å². The zero-order valence-electron chi connectivity index (χ0n) is 31.6. The van der Waals surface area contributed by atoms with Gasteiger partial charge in [0.2, 0.25) is 29.5 Å². The Kier molecular flexibility index (Phi) is 17.9. The summed E-state index contributed by atoms with van der Waals surface area (Å²) in [7, 11) is 4.80. The largest absolute Gasteiger partial charge is 0.379 e. The monoisotopic (exact) mass is 702 g/mol. The van der Waals surface area contributed by atoms with Crippen molar-refractivity contribution in [3.05, 3.63) is 35.9 Å². The average Bonchev–Trinajstić information content (AvgIpc) is 3.59. The summed E-state index contributed by atoms with van der Waals surface area (Å²) in [5.41, 5.74) is 7.08. The van der Waals surface area contributed by atoms with Crippen LogP contribution in [0.25, 0.3) is 0 Å². The van der Waals surface area contributed by atoms with Gasteiger partial charge in [0.15, 0.2) is 0 Å². The molecule has 282 valence electrons. The highest BCUT2D eigenvalue weighted by Crippen LogP contribution is 2.29. The van der Waals surface area contributed by atoms with Crippen molar-refractivity contribution in [2.45, 2.75) is 110 Å². The Morgan fingerprint density at radius 1 is 0.980 bits per heavy atom. The molecule has 0 aromatic heterocycles. The Hall–Kier alpha value is -3.55. The van der Waals surface area contributed by atoms with Crippen LogP contribution in [0.3, 0.4) is 0 Å². The molecule has 1 aliphatic heterocycles. The lowest BCUT2D eigenvalue weighted by molar-refractivity contribution is -0.146. The standard InChI is InChI=1S/C37H62N6O7/c1-10-24(5)33(42(7)37(48)32(38)23(3)4)29(49-8)21-31(45)43-19-15-18-28(43)34(50-9)25(6)35(46)41-27(20-26-16-13-12-14-17-26)36(47)40-22-30(44)39-11-2/h12-14,16-17,23-25,27-29,32-34H,10-11,15,18-22,38H2,1-9H3,(H,39,44)(H,40,47)(H,41,46)/t24-,25+,27-,28-,29+,32-,33-,34+/m0/s1. The fourth-order valence-electron chi connectivity index (χ4n) is 6.74. The van der Waals surface area contributed by atoms with Crippen molar-refractivity contribution in [2.24, 2.45) is 23.5 Å². The lowest BCUT2D eigenvalue weighted by Gasteiger charge is -2.40. The van der Waals surface area contributed by atoms with E-state index in [0.29, 0.717) is 19.5 Å². The second-order valence-electron chi connectivity index (χ2n) is 13.8. The summed E-state index contributed by atoms with van der Waals surface area (Å²) < 4.78 is 11.8. The van der Waals surface area contributed by atoms with Gasteiger partial charge in [0.25, 0.3) is 0 Å². The molecule has 50 heavy (non-hydrogen) atoms. The first kappa shape index (κ1) is 42.6. The Bertz CT molecular complexity index is 1250. The Balaban J connectivity index is 2.24. The maximum atomic E-state index is 14.0. The molecule has 5 amide bonds. The van der Waals surface area contributed by atoms with Crippen LogP contribution in [0.2, 0.25) is 0 Å². The number of carbonyl (C=O) groups is 5. The molecule has 1 fully saturated rings. The van der Waals surface area contributed by atoms with E-state index in [0.717, 1.165) is 18.4 Å². The fourth-order valence-corrected chi connectivity index (χ4v) is 6.74. The van der Waals surface area contributed by atoms with E-state index in [-0.39, 0.29) is 61.0 Å². The molecule has 0 saturated carbocycles. The minimum Gasteiger partial charge on any atom is -0.379 e. The van der Waals surface area contributed by atoms with Gasteiger partial charge in [0.1, 0.15) is 6.04 Å². The molecular formula is C37H62N6O7. The summed E-state index contributed by atoms with van der Waals surface area (Å²) in [4.78, 5) is 69.7. The molecule has 0 radical (unpaired) electrons. The molecule has 2 rings (SSSR count). The number of methoxy groups -OCH3 is 2. The molecule has 1 heterocycles. The first-order valence-electron chi connectivity index (χ1n) is 18.0. The minimum absolute atomic E-state index is 0.0351. The predicted octanol–water partition coefficient (Wildman–Crippen LogP) is 1.87. The Morgan fingerprint density at radius 2 is 1.64 bits per heavy atom.